The van der Waals surface area contributed by atoms with Gasteiger partial charge in [0.15, 0.2) is 5.96 Å². The molecule has 0 aliphatic carbocycles. The number of benzene rings is 1. The summed E-state index contributed by atoms with van der Waals surface area (Å²) in [5.41, 5.74) is 8.41. The highest BCUT2D eigenvalue weighted by atomic mass is 35.5. The summed E-state index contributed by atoms with van der Waals surface area (Å²) in [5, 5.41) is 0.787. The van der Waals surface area contributed by atoms with E-state index in [-0.39, 0.29) is 0 Å². The Morgan fingerprint density at radius 1 is 1.32 bits per heavy atom. The molecule has 5 heteroatoms. The Hall–Kier alpha value is -1.42. The number of anilines is 1. The van der Waals surface area contributed by atoms with E-state index in [1.807, 2.05) is 19.1 Å². The summed E-state index contributed by atoms with van der Waals surface area (Å²) >= 11 is 6.08. The van der Waals surface area contributed by atoms with Gasteiger partial charge in [0.2, 0.25) is 0 Å². The Balaban J connectivity index is 2.04. The van der Waals surface area contributed by atoms with Crippen LogP contribution in [0.15, 0.2) is 23.2 Å². The van der Waals surface area contributed by atoms with Crippen molar-refractivity contribution in [1.82, 2.24) is 4.90 Å². The maximum absolute atomic E-state index is 6.08. The second kappa shape index (κ2) is 6.15. The van der Waals surface area contributed by atoms with Crippen molar-refractivity contribution in [2.45, 2.75) is 13.8 Å². The summed E-state index contributed by atoms with van der Waals surface area (Å²) in [6.45, 7) is 8.55. The summed E-state index contributed by atoms with van der Waals surface area (Å²) in [6.07, 6.45) is 0. The first-order chi connectivity index (χ1) is 9.11. The predicted molar refractivity (Wildman–Crippen MR) is 82.1 cm³/mol. The van der Waals surface area contributed by atoms with Gasteiger partial charge in [-0.05, 0) is 31.5 Å². The van der Waals surface area contributed by atoms with Gasteiger partial charge in [0.1, 0.15) is 0 Å². The van der Waals surface area contributed by atoms with Gasteiger partial charge in [-0.3, -0.25) is 4.99 Å². The molecule has 104 valence electrons. The van der Waals surface area contributed by atoms with Crippen LogP contribution in [0.3, 0.4) is 0 Å². The molecule has 1 fully saturated rings. The Morgan fingerprint density at radius 2 is 2.00 bits per heavy atom. The van der Waals surface area contributed by atoms with E-state index in [1.54, 1.807) is 0 Å². The minimum Gasteiger partial charge on any atom is -0.370 e. The van der Waals surface area contributed by atoms with Crippen LogP contribution >= 0.6 is 11.6 Å². The molecular weight excluding hydrogens is 260 g/mol. The number of piperazine rings is 1. The SMILES string of the molecule is CCN=C(N)N1CCN(c2cc(Cl)ccc2C)CC1. The first-order valence-corrected chi connectivity index (χ1v) is 7.05. The van der Waals surface area contributed by atoms with Gasteiger partial charge >= 0.3 is 0 Å². The number of nitrogens with zero attached hydrogens (tertiary/aromatic N) is 3. The van der Waals surface area contributed by atoms with Crippen molar-refractivity contribution >= 4 is 23.2 Å². The maximum atomic E-state index is 6.08. The van der Waals surface area contributed by atoms with Crippen LogP contribution in [-0.2, 0) is 0 Å². The monoisotopic (exact) mass is 280 g/mol. The van der Waals surface area contributed by atoms with Crippen molar-refractivity contribution in [2.75, 3.05) is 37.6 Å². The summed E-state index contributed by atoms with van der Waals surface area (Å²) in [7, 11) is 0. The second-order valence-corrected chi connectivity index (χ2v) is 5.17. The molecular formula is C14H21ClN4. The lowest BCUT2D eigenvalue weighted by molar-refractivity contribution is 0.381. The number of aliphatic imine (C=N–C) groups is 1. The average Bonchev–Trinajstić information content (AvgIpc) is 2.42. The topological polar surface area (TPSA) is 44.9 Å². The standard InChI is InChI=1S/C14H21ClN4/c1-3-17-14(16)19-8-6-18(7-9-19)13-10-12(15)5-4-11(13)2/h4-5,10H,3,6-9H2,1-2H3,(H2,16,17). The van der Waals surface area contributed by atoms with Crippen molar-refractivity contribution < 1.29 is 0 Å². The first-order valence-electron chi connectivity index (χ1n) is 6.67. The van der Waals surface area contributed by atoms with Gasteiger partial charge in [-0.25, -0.2) is 0 Å². The van der Waals surface area contributed by atoms with Crippen LogP contribution in [0, 0.1) is 6.92 Å². The molecule has 0 saturated carbocycles. The molecule has 1 aromatic carbocycles. The van der Waals surface area contributed by atoms with E-state index in [0.29, 0.717) is 5.96 Å². The smallest absolute Gasteiger partial charge is 0.191 e. The van der Waals surface area contributed by atoms with Gasteiger partial charge < -0.3 is 15.5 Å². The van der Waals surface area contributed by atoms with Crippen LogP contribution in [0.2, 0.25) is 5.02 Å². The van der Waals surface area contributed by atoms with E-state index >= 15 is 0 Å². The van der Waals surface area contributed by atoms with E-state index in [2.05, 4.69) is 27.8 Å². The molecule has 0 aromatic heterocycles. The van der Waals surface area contributed by atoms with Gasteiger partial charge in [0.25, 0.3) is 0 Å². The van der Waals surface area contributed by atoms with Crippen molar-refractivity contribution in [2.24, 2.45) is 10.7 Å². The van der Waals surface area contributed by atoms with Gasteiger partial charge in [-0.15, -0.1) is 0 Å². The normalized spacial score (nSPS) is 16.9. The van der Waals surface area contributed by atoms with Gasteiger partial charge in [-0.1, -0.05) is 17.7 Å². The number of guanidine groups is 1. The molecule has 0 bridgehead atoms. The number of nitrogens with two attached hydrogens (primary N) is 1. The maximum Gasteiger partial charge on any atom is 0.191 e. The van der Waals surface area contributed by atoms with Crippen LogP contribution in [0.5, 0.6) is 0 Å². The van der Waals surface area contributed by atoms with Crippen LogP contribution in [0.4, 0.5) is 5.69 Å². The molecule has 0 radical (unpaired) electrons. The molecule has 0 unspecified atom stereocenters. The molecule has 1 heterocycles. The van der Waals surface area contributed by atoms with Crippen LogP contribution in [-0.4, -0.2) is 43.6 Å². The first kappa shape index (κ1) is 14.0. The number of rotatable bonds is 2. The van der Waals surface area contributed by atoms with E-state index < -0.39 is 0 Å². The number of aryl methyl sites for hydroxylation is 1. The van der Waals surface area contributed by atoms with E-state index in [1.165, 1.54) is 11.3 Å². The fraction of sp³-hybridized carbons (Fsp3) is 0.500. The third-order valence-electron chi connectivity index (χ3n) is 3.44. The zero-order valence-electron chi connectivity index (χ0n) is 11.6. The molecule has 1 aromatic rings. The molecule has 2 rings (SSSR count). The summed E-state index contributed by atoms with van der Waals surface area (Å²) in [5.74, 6) is 0.657. The lowest BCUT2D eigenvalue weighted by atomic mass is 10.1. The molecule has 2 N–H and O–H groups in total. The second-order valence-electron chi connectivity index (χ2n) is 4.74. The highest BCUT2D eigenvalue weighted by molar-refractivity contribution is 6.30. The van der Waals surface area contributed by atoms with Gasteiger partial charge in [0, 0.05) is 43.4 Å². The van der Waals surface area contributed by atoms with Gasteiger partial charge in [0.05, 0.1) is 0 Å². The Labute approximate surface area is 119 Å². The van der Waals surface area contributed by atoms with E-state index in [9.17, 15) is 0 Å². The number of halogens is 1. The zero-order chi connectivity index (χ0) is 13.8. The van der Waals surface area contributed by atoms with Crippen molar-refractivity contribution in [3.05, 3.63) is 28.8 Å². The highest BCUT2D eigenvalue weighted by Gasteiger charge is 2.19. The fourth-order valence-corrected chi connectivity index (χ4v) is 2.53. The summed E-state index contributed by atoms with van der Waals surface area (Å²) in [6, 6.07) is 6.04. The minimum absolute atomic E-state index is 0.657. The number of hydrogen-bond donors (Lipinski definition) is 1. The molecule has 1 saturated heterocycles. The molecule has 4 nitrogen and oxygen atoms in total. The van der Waals surface area contributed by atoms with Crippen LogP contribution < -0.4 is 10.6 Å². The molecule has 0 amide bonds. The Kier molecular flexibility index (Phi) is 4.53. The summed E-state index contributed by atoms with van der Waals surface area (Å²) in [4.78, 5) is 8.76. The lowest BCUT2D eigenvalue weighted by Gasteiger charge is -2.37. The van der Waals surface area contributed by atoms with Gasteiger partial charge in [-0.2, -0.15) is 0 Å². The van der Waals surface area contributed by atoms with Crippen LogP contribution in [0.1, 0.15) is 12.5 Å². The number of hydrogen-bond acceptors (Lipinski definition) is 2. The van der Waals surface area contributed by atoms with Crippen LogP contribution in [0.25, 0.3) is 0 Å². The molecule has 1 aliphatic rings. The van der Waals surface area contributed by atoms with E-state index in [0.717, 1.165) is 37.7 Å². The predicted octanol–water partition coefficient (Wildman–Crippen LogP) is 2.11. The summed E-state index contributed by atoms with van der Waals surface area (Å²) < 4.78 is 0. The Morgan fingerprint density at radius 3 is 2.63 bits per heavy atom. The van der Waals surface area contributed by atoms with Crippen molar-refractivity contribution in [3.63, 3.8) is 0 Å². The van der Waals surface area contributed by atoms with Crippen molar-refractivity contribution in [3.8, 4) is 0 Å². The molecule has 0 atom stereocenters. The largest absolute Gasteiger partial charge is 0.370 e. The Bertz CT molecular complexity index is 465. The average molecular weight is 281 g/mol. The quantitative estimate of drug-likeness (QED) is 0.667. The third kappa shape index (κ3) is 3.32. The highest BCUT2D eigenvalue weighted by Crippen LogP contribution is 2.25. The fourth-order valence-electron chi connectivity index (χ4n) is 2.36. The minimum atomic E-state index is 0.657. The zero-order valence-corrected chi connectivity index (χ0v) is 12.3. The van der Waals surface area contributed by atoms with Crippen molar-refractivity contribution in [1.29, 1.82) is 0 Å². The third-order valence-corrected chi connectivity index (χ3v) is 3.67. The molecule has 0 spiro atoms. The van der Waals surface area contributed by atoms with E-state index in [4.69, 9.17) is 17.3 Å². The molecule has 19 heavy (non-hydrogen) atoms. The lowest BCUT2D eigenvalue weighted by Crippen LogP contribution is -2.51. The molecule has 1 aliphatic heterocycles.